The lowest BCUT2D eigenvalue weighted by molar-refractivity contribution is -0.354. The minimum Gasteiger partial charge on any atom is -0.331 e. The Kier molecular flexibility index (Phi) is 5.12. The van der Waals surface area contributed by atoms with Gasteiger partial charge in [0.25, 0.3) is 5.97 Å². The highest BCUT2D eigenvalue weighted by Crippen LogP contribution is 2.22. The van der Waals surface area contributed by atoms with Crippen molar-refractivity contribution in [1.29, 1.82) is 0 Å². The van der Waals surface area contributed by atoms with Gasteiger partial charge >= 0.3 is 0 Å². The molecule has 0 spiro atoms. The molecule has 1 aromatic carbocycles. The topological polar surface area (TPSA) is 27.7 Å². The minimum absolute atomic E-state index is 0.667. The van der Waals surface area contributed by atoms with Gasteiger partial charge in [0, 0.05) is 27.8 Å². The molecule has 3 heteroatoms. The van der Waals surface area contributed by atoms with E-state index < -0.39 is 5.97 Å². The van der Waals surface area contributed by atoms with Crippen molar-refractivity contribution >= 4 is 0 Å². The second-order valence-electron chi connectivity index (χ2n) is 4.23. The Bertz CT molecular complexity index is 348. The lowest BCUT2D eigenvalue weighted by atomic mass is 10.0. The van der Waals surface area contributed by atoms with E-state index in [1.807, 2.05) is 0 Å². The summed E-state index contributed by atoms with van der Waals surface area (Å²) in [6, 6.07) is 6.45. The van der Waals surface area contributed by atoms with Gasteiger partial charge in [-0.3, -0.25) is 0 Å². The summed E-state index contributed by atoms with van der Waals surface area (Å²) >= 11 is 0. The Morgan fingerprint density at radius 3 is 2.12 bits per heavy atom. The highest BCUT2D eigenvalue weighted by atomic mass is 16.9. The molecule has 0 aliphatic carbocycles. The van der Waals surface area contributed by atoms with Gasteiger partial charge in [0.05, 0.1) is 0 Å². The van der Waals surface area contributed by atoms with Crippen LogP contribution in [0.5, 0.6) is 0 Å². The van der Waals surface area contributed by atoms with Gasteiger partial charge in [-0.1, -0.05) is 23.8 Å². The molecular formula is C14H22O3. The third-order valence-electron chi connectivity index (χ3n) is 3.14. The summed E-state index contributed by atoms with van der Waals surface area (Å²) in [5.41, 5.74) is 3.86. The molecule has 0 unspecified atom stereocenters. The number of aryl methyl sites for hydroxylation is 3. The van der Waals surface area contributed by atoms with Crippen molar-refractivity contribution in [2.75, 3.05) is 21.3 Å². The van der Waals surface area contributed by atoms with Crippen LogP contribution >= 0.6 is 0 Å². The highest BCUT2D eigenvalue weighted by molar-refractivity contribution is 5.30. The summed E-state index contributed by atoms with van der Waals surface area (Å²) in [6.45, 7) is 4.21. The van der Waals surface area contributed by atoms with E-state index in [4.69, 9.17) is 14.2 Å². The first kappa shape index (κ1) is 14.2. The molecule has 0 aromatic heterocycles. The van der Waals surface area contributed by atoms with Crippen molar-refractivity contribution in [2.24, 2.45) is 0 Å². The van der Waals surface area contributed by atoms with E-state index in [0.29, 0.717) is 6.42 Å². The van der Waals surface area contributed by atoms with Crippen LogP contribution in [0.1, 0.15) is 23.1 Å². The van der Waals surface area contributed by atoms with Crippen LogP contribution in [0, 0.1) is 13.8 Å². The fourth-order valence-electron chi connectivity index (χ4n) is 1.91. The van der Waals surface area contributed by atoms with Gasteiger partial charge in [-0.2, -0.15) is 0 Å². The normalized spacial score (nSPS) is 11.8. The Hall–Kier alpha value is -0.900. The summed E-state index contributed by atoms with van der Waals surface area (Å²) in [4.78, 5) is 0. The van der Waals surface area contributed by atoms with E-state index in [-0.39, 0.29) is 0 Å². The van der Waals surface area contributed by atoms with Gasteiger partial charge in [-0.15, -0.1) is 0 Å². The Morgan fingerprint density at radius 2 is 1.59 bits per heavy atom. The van der Waals surface area contributed by atoms with E-state index in [9.17, 15) is 0 Å². The SMILES string of the molecule is COC(CCc1cc(C)ccc1C)(OC)OC. The molecule has 0 fully saturated rings. The van der Waals surface area contributed by atoms with Crippen molar-refractivity contribution in [3.05, 3.63) is 34.9 Å². The average molecular weight is 238 g/mol. The van der Waals surface area contributed by atoms with Crippen LogP contribution in [0.2, 0.25) is 0 Å². The van der Waals surface area contributed by atoms with Crippen LogP contribution in [0.25, 0.3) is 0 Å². The highest BCUT2D eigenvalue weighted by Gasteiger charge is 2.29. The third-order valence-corrected chi connectivity index (χ3v) is 3.14. The minimum atomic E-state index is -0.934. The van der Waals surface area contributed by atoms with Crippen LogP contribution in [0.3, 0.4) is 0 Å². The van der Waals surface area contributed by atoms with Gasteiger partial charge in [0.15, 0.2) is 0 Å². The molecular weight excluding hydrogens is 216 g/mol. The van der Waals surface area contributed by atoms with Gasteiger partial charge in [0.2, 0.25) is 0 Å². The summed E-state index contributed by atoms with van der Waals surface area (Å²) in [6.07, 6.45) is 1.53. The van der Waals surface area contributed by atoms with Crippen LogP contribution in [0.15, 0.2) is 18.2 Å². The first-order valence-electron chi connectivity index (χ1n) is 5.78. The quantitative estimate of drug-likeness (QED) is 0.713. The predicted molar refractivity (Wildman–Crippen MR) is 68.0 cm³/mol. The van der Waals surface area contributed by atoms with Crippen LogP contribution in [-0.2, 0) is 20.6 Å². The largest absolute Gasteiger partial charge is 0.331 e. The standard InChI is InChI=1S/C14H22O3/c1-11-6-7-12(2)13(10-11)8-9-14(15-3,16-4)17-5/h6-7,10H,8-9H2,1-5H3. The monoisotopic (exact) mass is 238 g/mol. The summed E-state index contributed by atoms with van der Waals surface area (Å²) in [5, 5.41) is 0. The van der Waals surface area contributed by atoms with Crippen molar-refractivity contribution in [2.45, 2.75) is 32.7 Å². The molecule has 0 N–H and O–H groups in total. The van der Waals surface area contributed by atoms with Crippen molar-refractivity contribution in [1.82, 2.24) is 0 Å². The second-order valence-corrected chi connectivity index (χ2v) is 4.23. The van der Waals surface area contributed by atoms with Crippen molar-refractivity contribution in [3.63, 3.8) is 0 Å². The molecule has 3 nitrogen and oxygen atoms in total. The first-order chi connectivity index (χ1) is 8.06. The predicted octanol–water partition coefficient (Wildman–Crippen LogP) is 2.83. The molecule has 0 amide bonds. The number of ether oxygens (including phenoxy) is 3. The van der Waals surface area contributed by atoms with E-state index in [1.165, 1.54) is 16.7 Å². The molecule has 0 aliphatic heterocycles. The number of hydrogen-bond acceptors (Lipinski definition) is 3. The number of hydrogen-bond donors (Lipinski definition) is 0. The summed E-state index contributed by atoms with van der Waals surface area (Å²) in [7, 11) is 4.78. The van der Waals surface area contributed by atoms with E-state index >= 15 is 0 Å². The maximum absolute atomic E-state index is 5.28. The molecule has 0 heterocycles. The van der Waals surface area contributed by atoms with E-state index in [1.54, 1.807) is 21.3 Å². The van der Waals surface area contributed by atoms with E-state index in [2.05, 4.69) is 32.0 Å². The van der Waals surface area contributed by atoms with Gasteiger partial charge in [-0.25, -0.2) is 0 Å². The van der Waals surface area contributed by atoms with Gasteiger partial charge in [0.1, 0.15) is 0 Å². The van der Waals surface area contributed by atoms with Crippen molar-refractivity contribution in [3.8, 4) is 0 Å². The molecule has 0 bridgehead atoms. The molecule has 1 rings (SSSR count). The molecule has 0 saturated heterocycles. The maximum atomic E-state index is 5.28. The molecule has 0 atom stereocenters. The fraction of sp³-hybridized carbons (Fsp3) is 0.571. The van der Waals surface area contributed by atoms with Crippen LogP contribution < -0.4 is 0 Å². The first-order valence-corrected chi connectivity index (χ1v) is 5.78. The van der Waals surface area contributed by atoms with Gasteiger partial charge < -0.3 is 14.2 Å². The summed E-state index contributed by atoms with van der Waals surface area (Å²) in [5.74, 6) is -0.934. The van der Waals surface area contributed by atoms with E-state index in [0.717, 1.165) is 6.42 Å². The Balaban J connectivity index is 2.75. The van der Waals surface area contributed by atoms with Crippen LogP contribution in [-0.4, -0.2) is 27.3 Å². The smallest absolute Gasteiger partial charge is 0.282 e. The van der Waals surface area contributed by atoms with Crippen molar-refractivity contribution < 1.29 is 14.2 Å². The summed E-state index contributed by atoms with van der Waals surface area (Å²) < 4.78 is 15.9. The van der Waals surface area contributed by atoms with Gasteiger partial charge in [-0.05, 0) is 31.4 Å². The molecule has 17 heavy (non-hydrogen) atoms. The fourth-order valence-corrected chi connectivity index (χ4v) is 1.91. The second kappa shape index (κ2) is 6.15. The molecule has 0 aliphatic rings. The molecule has 0 radical (unpaired) electrons. The molecule has 1 aromatic rings. The lowest BCUT2D eigenvalue weighted by Gasteiger charge is -2.28. The van der Waals surface area contributed by atoms with Crippen LogP contribution in [0.4, 0.5) is 0 Å². The zero-order chi connectivity index (χ0) is 12.9. The third kappa shape index (κ3) is 3.53. The maximum Gasteiger partial charge on any atom is 0.282 e. The Labute approximate surface area is 104 Å². The Morgan fingerprint density at radius 1 is 1.00 bits per heavy atom. The number of rotatable bonds is 6. The number of methoxy groups -OCH3 is 3. The molecule has 0 saturated carbocycles. The molecule has 96 valence electrons. The zero-order valence-corrected chi connectivity index (χ0v) is 11.4. The lowest BCUT2D eigenvalue weighted by Crippen LogP contribution is -2.36. The number of benzene rings is 1. The average Bonchev–Trinajstić information content (AvgIpc) is 2.35. The zero-order valence-electron chi connectivity index (χ0n) is 11.4.